The van der Waals surface area contributed by atoms with Gasteiger partial charge in [0, 0.05) is 24.6 Å². The maximum Gasteiger partial charge on any atom is 0.280 e. The molecule has 2 aliphatic heterocycles. The zero-order valence-corrected chi connectivity index (χ0v) is 15.3. The largest absolute Gasteiger partial charge is 0.454 e. The summed E-state index contributed by atoms with van der Waals surface area (Å²) >= 11 is 0. The zero-order valence-electron chi connectivity index (χ0n) is 15.3. The van der Waals surface area contributed by atoms with Gasteiger partial charge in [0.25, 0.3) is 18.1 Å². The first-order valence-electron chi connectivity index (χ1n) is 9.28. The van der Waals surface area contributed by atoms with Crippen LogP contribution in [0.15, 0.2) is 30.6 Å². The van der Waals surface area contributed by atoms with Crippen LogP contribution in [0.25, 0.3) is 5.78 Å². The Hall–Kier alpha value is -3.30. The van der Waals surface area contributed by atoms with E-state index >= 15 is 0 Å². The van der Waals surface area contributed by atoms with Crippen LogP contribution in [-0.2, 0) is 0 Å². The molecule has 1 fully saturated rings. The van der Waals surface area contributed by atoms with Gasteiger partial charge < -0.3 is 14.4 Å². The van der Waals surface area contributed by atoms with Crippen LogP contribution in [-0.4, -0.2) is 50.3 Å². The van der Waals surface area contributed by atoms with E-state index in [4.69, 9.17) is 9.47 Å². The Balaban J connectivity index is 1.41. The van der Waals surface area contributed by atoms with Crippen molar-refractivity contribution >= 4 is 11.7 Å². The molecule has 8 nitrogen and oxygen atoms in total. The van der Waals surface area contributed by atoms with Crippen molar-refractivity contribution in [3.8, 4) is 11.5 Å². The van der Waals surface area contributed by atoms with E-state index in [1.54, 1.807) is 23.1 Å². The highest BCUT2D eigenvalue weighted by Crippen LogP contribution is 2.34. The van der Waals surface area contributed by atoms with Gasteiger partial charge in [0.15, 0.2) is 11.5 Å². The number of aromatic nitrogens is 4. The maximum atomic E-state index is 13.5. The summed E-state index contributed by atoms with van der Waals surface area (Å²) in [6, 6.07) is 6.46. The topological polar surface area (TPSA) is 81.9 Å². The molecule has 0 aliphatic carbocycles. The number of ether oxygens (including phenoxy) is 2. The second-order valence-electron chi connectivity index (χ2n) is 7.04. The van der Waals surface area contributed by atoms with E-state index in [1.165, 1.54) is 12.4 Å². The third-order valence-electron chi connectivity index (χ3n) is 5.27. The van der Waals surface area contributed by atoms with Gasteiger partial charge in [0.1, 0.15) is 12.0 Å². The van der Waals surface area contributed by atoms with E-state index in [9.17, 15) is 13.6 Å². The number of amides is 1. The van der Waals surface area contributed by atoms with Crippen molar-refractivity contribution < 1.29 is 23.0 Å². The van der Waals surface area contributed by atoms with E-state index in [-0.39, 0.29) is 30.1 Å². The number of rotatable bonds is 3. The lowest BCUT2D eigenvalue weighted by atomic mass is 9.93. The predicted molar refractivity (Wildman–Crippen MR) is 96.2 cm³/mol. The summed E-state index contributed by atoms with van der Waals surface area (Å²) in [5.41, 5.74) is 0.759. The molecule has 2 aromatic heterocycles. The Labute approximate surface area is 164 Å². The molecule has 4 heterocycles. The van der Waals surface area contributed by atoms with Gasteiger partial charge in [-0.25, -0.2) is 13.8 Å². The Morgan fingerprint density at radius 1 is 1.21 bits per heavy atom. The number of nitrogens with zero attached hydrogens (tertiary/aromatic N) is 5. The van der Waals surface area contributed by atoms with Crippen LogP contribution < -0.4 is 9.47 Å². The molecule has 1 aromatic carbocycles. The molecule has 10 heteroatoms. The van der Waals surface area contributed by atoms with E-state index in [2.05, 4.69) is 15.1 Å². The van der Waals surface area contributed by atoms with Gasteiger partial charge in [0.2, 0.25) is 6.79 Å². The van der Waals surface area contributed by atoms with Crippen molar-refractivity contribution in [2.24, 2.45) is 0 Å². The Morgan fingerprint density at radius 3 is 2.93 bits per heavy atom. The molecule has 3 aromatic rings. The summed E-state index contributed by atoms with van der Waals surface area (Å²) in [4.78, 5) is 23.1. The zero-order chi connectivity index (χ0) is 20.0. The molecule has 2 aliphatic rings. The third kappa shape index (κ3) is 3.14. The van der Waals surface area contributed by atoms with Crippen molar-refractivity contribution in [1.29, 1.82) is 0 Å². The highest BCUT2D eigenvalue weighted by Gasteiger charge is 2.29. The first-order chi connectivity index (χ1) is 14.1. The lowest BCUT2D eigenvalue weighted by molar-refractivity contribution is 0.0705. The van der Waals surface area contributed by atoms with Crippen molar-refractivity contribution in [3.63, 3.8) is 0 Å². The maximum absolute atomic E-state index is 13.5. The molecule has 0 spiro atoms. The molecule has 0 saturated carbocycles. The van der Waals surface area contributed by atoms with E-state index < -0.39 is 6.43 Å². The molecular formula is C19H17F2N5O3. The Morgan fingerprint density at radius 2 is 2.07 bits per heavy atom. The minimum atomic E-state index is -2.70. The van der Waals surface area contributed by atoms with Crippen molar-refractivity contribution in [3.05, 3.63) is 47.5 Å². The van der Waals surface area contributed by atoms with E-state index in [0.29, 0.717) is 35.8 Å². The fourth-order valence-corrected chi connectivity index (χ4v) is 3.83. The van der Waals surface area contributed by atoms with Crippen molar-refractivity contribution in [2.45, 2.75) is 25.2 Å². The summed E-state index contributed by atoms with van der Waals surface area (Å²) in [6.07, 6.45) is 0.0138. The monoisotopic (exact) mass is 401 g/mol. The number of likely N-dealkylation sites (tertiary alicyclic amines) is 1. The molecule has 1 amide bonds. The van der Waals surface area contributed by atoms with E-state index in [0.717, 1.165) is 17.4 Å². The number of alkyl halides is 2. The first kappa shape index (κ1) is 17.8. The summed E-state index contributed by atoms with van der Waals surface area (Å²) in [5, 5.41) is 3.81. The second kappa shape index (κ2) is 6.94. The van der Waals surface area contributed by atoms with Crippen LogP contribution in [0.2, 0.25) is 0 Å². The van der Waals surface area contributed by atoms with Crippen LogP contribution in [0, 0.1) is 0 Å². The van der Waals surface area contributed by atoms with Gasteiger partial charge in [0.05, 0.1) is 5.69 Å². The highest BCUT2D eigenvalue weighted by atomic mass is 19.3. The summed E-state index contributed by atoms with van der Waals surface area (Å²) in [5.74, 6) is 1.01. The molecule has 29 heavy (non-hydrogen) atoms. The second-order valence-corrected chi connectivity index (χ2v) is 7.04. The lowest BCUT2D eigenvalue weighted by Gasteiger charge is -2.32. The molecule has 1 atom stereocenters. The predicted octanol–water partition coefficient (Wildman–Crippen LogP) is 2.81. The van der Waals surface area contributed by atoms with Gasteiger partial charge in [-0.3, -0.25) is 4.79 Å². The lowest BCUT2D eigenvalue weighted by Crippen LogP contribution is -2.39. The van der Waals surface area contributed by atoms with Crippen LogP contribution in [0.1, 0.15) is 46.9 Å². The average molecular weight is 401 g/mol. The number of carbonyl (C=O) groups is 1. The van der Waals surface area contributed by atoms with E-state index in [1.807, 2.05) is 0 Å². The van der Waals surface area contributed by atoms with Crippen LogP contribution in [0.3, 0.4) is 0 Å². The highest BCUT2D eigenvalue weighted by molar-refractivity contribution is 5.95. The Kier molecular flexibility index (Phi) is 4.26. The van der Waals surface area contributed by atoms with Gasteiger partial charge >= 0.3 is 0 Å². The molecular weight excluding hydrogens is 384 g/mol. The van der Waals surface area contributed by atoms with Gasteiger partial charge in [-0.1, -0.05) is 0 Å². The number of benzene rings is 1. The number of carbonyl (C=O) groups excluding carboxylic acids is 1. The minimum Gasteiger partial charge on any atom is -0.454 e. The molecule has 5 rings (SSSR count). The number of hydrogen-bond acceptors (Lipinski definition) is 6. The number of piperidine rings is 1. The van der Waals surface area contributed by atoms with Crippen LogP contribution in [0.4, 0.5) is 8.78 Å². The fraction of sp³-hybridized carbons (Fsp3) is 0.368. The van der Waals surface area contributed by atoms with Gasteiger partial charge in [-0.05, 0) is 37.1 Å². The number of fused-ring (bicyclic) bond motifs is 2. The summed E-state index contributed by atoms with van der Waals surface area (Å²) < 4.78 is 38.6. The standard InChI is InChI=1S/C19H17F2N5O3/c20-17(21)14-7-13(24-19-22-9-23-26(14)19)12-2-1-5-25(8-12)18(27)11-3-4-15-16(6-11)29-10-28-15/h3-4,6-7,9,12,17H,1-2,5,8,10H2/t12-/m1/s1. The quantitative estimate of drug-likeness (QED) is 0.671. The Bertz CT molecular complexity index is 1090. The van der Waals surface area contributed by atoms with Crippen molar-refractivity contribution in [2.75, 3.05) is 19.9 Å². The van der Waals surface area contributed by atoms with Gasteiger partial charge in [-0.2, -0.15) is 14.6 Å². The normalized spacial score (nSPS) is 18.6. The minimum absolute atomic E-state index is 0.134. The number of halogens is 2. The summed E-state index contributed by atoms with van der Waals surface area (Å²) in [6.45, 7) is 1.13. The molecule has 0 bridgehead atoms. The SMILES string of the molecule is O=C(c1ccc2c(c1)OCO2)N1CCC[C@@H](c2cc(C(F)F)n3ncnc3n2)C1. The summed E-state index contributed by atoms with van der Waals surface area (Å²) in [7, 11) is 0. The third-order valence-corrected chi connectivity index (χ3v) is 5.27. The molecule has 0 N–H and O–H groups in total. The van der Waals surface area contributed by atoms with Crippen LogP contribution in [0.5, 0.6) is 11.5 Å². The first-order valence-corrected chi connectivity index (χ1v) is 9.28. The molecule has 1 saturated heterocycles. The average Bonchev–Trinajstić information content (AvgIpc) is 3.40. The molecule has 150 valence electrons. The van der Waals surface area contributed by atoms with Crippen molar-refractivity contribution in [1.82, 2.24) is 24.5 Å². The number of hydrogen-bond donors (Lipinski definition) is 0. The van der Waals surface area contributed by atoms with Gasteiger partial charge in [-0.15, -0.1) is 0 Å². The molecule has 0 unspecified atom stereocenters. The smallest absolute Gasteiger partial charge is 0.280 e. The fourth-order valence-electron chi connectivity index (χ4n) is 3.83. The molecule has 0 radical (unpaired) electrons. The van der Waals surface area contributed by atoms with Crippen LogP contribution >= 0.6 is 0 Å².